The van der Waals surface area contributed by atoms with E-state index >= 15 is 0 Å². The van der Waals surface area contributed by atoms with Crippen molar-refractivity contribution < 1.29 is 28.6 Å². The molecule has 0 radical (unpaired) electrons. The Hall–Kier alpha value is -3.15. The fourth-order valence-electron chi connectivity index (χ4n) is 9.35. The van der Waals surface area contributed by atoms with Gasteiger partial charge in [-0.25, -0.2) is 0 Å². The summed E-state index contributed by atoms with van der Waals surface area (Å²) in [6, 6.07) is 0. The smallest absolute Gasteiger partial charge is 0.306 e. The second kappa shape index (κ2) is 63.4. The summed E-state index contributed by atoms with van der Waals surface area (Å²) in [7, 11) is 0. The van der Waals surface area contributed by atoms with E-state index in [0.29, 0.717) is 19.3 Å². The van der Waals surface area contributed by atoms with Gasteiger partial charge < -0.3 is 14.2 Å². The van der Waals surface area contributed by atoms with Gasteiger partial charge in [0.2, 0.25) is 0 Å². The fourth-order valence-corrected chi connectivity index (χ4v) is 9.35. The van der Waals surface area contributed by atoms with Crippen LogP contribution < -0.4 is 0 Å². The molecule has 0 aromatic carbocycles. The van der Waals surface area contributed by atoms with Crippen LogP contribution in [0.3, 0.4) is 0 Å². The monoisotopic (exact) mass is 1050 g/mol. The van der Waals surface area contributed by atoms with Crippen molar-refractivity contribution in [3.05, 3.63) is 72.9 Å². The topological polar surface area (TPSA) is 78.9 Å². The highest BCUT2D eigenvalue weighted by atomic mass is 16.6. The molecule has 0 aliphatic heterocycles. The average Bonchev–Trinajstić information content (AvgIpc) is 3.41. The second-order valence-corrected chi connectivity index (χ2v) is 21.6. The Labute approximate surface area is 465 Å². The summed E-state index contributed by atoms with van der Waals surface area (Å²) in [5.74, 6) is -0.866. The van der Waals surface area contributed by atoms with Crippen LogP contribution in [-0.4, -0.2) is 37.2 Å². The van der Waals surface area contributed by atoms with E-state index < -0.39 is 6.10 Å². The molecule has 0 amide bonds. The molecule has 0 rings (SSSR count). The fraction of sp³-hybridized carbons (Fsp3) is 0.783. The number of carbonyl (C=O) groups is 3. The highest BCUT2D eigenvalue weighted by Crippen LogP contribution is 2.17. The first-order valence-electron chi connectivity index (χ1n) is 32.4. The molecule has 0 spiro atoms. The molecule has 0 aliphatic carbocycles. The maximum atomic E-state index is 12.9. The zero-order valence-electron chi connectivity index (χ0n) is 49.8. The van der Waals surface area contributed by atoms with Crippen LogP contribution in [0.5, 0.6) is 0 Å². The molecule has 1 atom stereocenters. The summed E-state index contributed by atoms with van der Waals surface area (Å²) in [4.78, 5) is 38.2. The molecule has 0 aromatic rings. The lowest BCUT2D eigenvalue weighted by Gasteiger charge is -2.18. The normalized spacial score (nSPS) is 12.5. The molecule has 0 bridgehead atoms. The van der Waals surface area contributed by atoms with E-state index in [4.69, 9.17) is 14.2 Å². The molecule has 6 heteroatoms. The van der Waals surface area contributed by atoms with E-state index in [0.717, 1.165) is 89.9 Å². The van der Waals surface area contributed by atoms with Crippen molar-refractivity contribution in [3.8, 4) is 0 Å². The molecule has 0 aliphatic rings. The molecular weight excluding hydrogens is 925 g/mol. The van der Waals surface area contributed by atoms with Gasteiger partial charge in [-0.3, -0.25) is 14.4 Å². The molecule has 1 unspecified atom stereocenters. The summed E-state index contributed by atoms with van der Waals surface area (Å²) in [5.41, 5.74) is 0. The molecule has 6 nitrogen and oxygen atoms in total. The summed E-state index contributed by atoms with van der Waals surface area (Å²) in [6.45, 7) is 6.53. The number of rotatable bonds is 59. The maximum Gasteiger partial charge on any atom is 0.306 e. The number of hydrogen-bond donors (Lipinski definition) is 0. The van der Waals surface area contributed by atoms with Gasteiger partial charge in [-0.1, -0.05) is 293 Å². The Morgan fingerprint density at radius 1 is 0.280 bits per heavy atom. The van der Waals surface area contributed by atoms with E-state index in [1.54, 1.807) is 0 Å². The van der Waals surface area contributed by atoms with Crippen molar-refractivity contribution in [3.63, 3.8) is 0 Å². The van der Waals surface area contributed by atoms with Gasteiger partial charge in [0, 0.05) is 19.3 Å². The van der Waals surface area contributed by atoms with Crippen LogP contribution in [0.4, 0.5) is 0 Å². The number of ether oxygens (including phenoxy) is 3. The third kappa shape index (κ3) is 61.6. The number of unbranched alkanes of at least 4 members (excludes halogenated alkanes) is 36. The molecule has 0 heterocycles. The third-order valence-corrected chi connectivity index (χ3v) is 14.2. The van der Waals surface area contributed by atoms with Gasteiger partial charge in [0.15, 0.2) is 6.10 Å². The minimum Gasteiger partial charge on any atom is -0.462 e. The molecular formula is C69H122O6. The van der Waals surface area contributed by atoms with Crippen LogP contribution in [-0.2, 0) is 28.6 Å². The predicted molar refractivity (Wildman–Crippen MR) is 325 cm³/mol. The second-order valence-electron chi connectivity index (χ2n) is 21.6. The van der Waals surface area contributed by atoms with Crippen molar-refractivity contribution in [2.75, 3.05) is 13.2 Å². The van der Waals surface area contributed by atoms with Crippen molar-refractivity contribution >= 4 is 17.9 Å². The van der Waals surface area contributed by atoms with Gasteiger partial charge in [0.1, 0.15) is 13.2 Å². The first-order valence-corrected chi connectivity index (χ1v) is 32.4. The van der Waals surface area contributed by atoms with Gasteiger partial charge in [-0.2, -0.15) is 0 Å². The van der Waals surface area contributed by atoms with Crippen molar-refractivity contribution in [1.29, 1.82) is 0 Å². The van der Waals surface area contributed by atoms with E-state index in [9.17, 15) is 14.4 Å². The minimum atomic E-state index is -0.775. The molecule has 0 saturated heterocycles. The van der Waals surface area contributed by atoms with Crippen molar-refractivity contribution in [1.82, 2.24) is 0 Å². The molecule has 434 valence electrons. The average molecular weight is 1050 g/mol. The third-order valence-electron chi connectivity index (χ3n) is 14.2. The Morgan fingerprint density at radius 2 is 0.520 bits per heavy atom. The summed E-state index contributed by atoms with van der Waals surface area (Å²) in [5, 5.41) is 0. The Balaban J connectivity index is 4.18. The van der Waals surface area contributed by atoms with Gasteiger partial charge >= 0.3 is 17.9 Å². The molecule has 75 heavy (non-hydrogen) atoms. The zero-order chi connectivity index (χ0) is 54.3. The van der Waals surface area contributed by atoms with Gasteiger partial charge in [-0.15, -0.1) is 0 Å². The van der Waals surface area contributed by atoms with Crippen LogP contribution >= 0.6 is 0 Å². The Morgan fingerprint density at radius 3 is 0.813 bits per heavy atom. The number of esters is 3. The summed E-state index contributed by atoms with van der Waals surface area (Å²) < 4.78 is 16.9. The molecule has 0 aromatic heterocycles. The number of carbonyl (C=O) groups excluding carboxylic acids is 3. The standard InChI is InChI=1S/C69H122O6/c1-4-7-10-13-16-19-21-23-25-27-29-31-32-33-34-35-36-38-39-41-43-45-47-50-53-56-59-62-68(71)74-65-66(64-73-67(70)61-58-55-52-49-18-15-12-9-6-3)75-69(72)63-60-57-54-51-48-46-44-42-40-37-30-28-26-24-22-20-17-14-11-8-5-2/h7,10,16,19,22-25,28-31,66H,4-6,8-9,11-15,17-18,20-21,26-27,32-65H2,1-3H3/b10-7-,19-16-,24-22-,25-23-,30-28-,31-29-. The molecule has 0 N–H and O–H groups in total. The van der Waals surface area contributed by atoms with E-state index in [2.05, 4.69) is 93.7 Å². The van der Waals surface area contributed by atoms with E-state index in [1.807, 2.05) is 0 Å². The van der Waals surface area contributed by atoms with E-state index in [1.165, 1.54) is 199 Å². The van der Waals surface area contributed by atoms with Gasteiger partial charge in [-0.05, 0) is 89.9 Å². The van der Waals surface area contributed by atoms with Crippen LogP contribution in [0.15, 0.2) is 72.9 Å². The Bertz CT molecular complexity index is 1390. The van der Waals surface area contributed by atoms with Crippen LogP contribution in [0.25, 0.3) is 0 Å². The largest absolute Gasteiger partial charge is 0.462 e. The Kier molecular flexibility index (Phi) is 60.7. The first-order chi connectivity index (χ1) is 37.0. The van der Waals surface area contributed by atoms with Crippen LogP contribution in [0.2, 0.25) is 0 Å². The quantitative estimate of drug-likeness (QED) is 0.0261. The highest BCUT2D eigenvalue weighted by molar-refractivity contribution is 5.71. The lowest BCUT2D eigenvalue weighted by atomic mass is 10.0. The minimum absolute atomic E-state index is 0.0734. The van der Waals surface area contributed by atoms with Gasteiger partial charge in [0.05, 0.1) is 0 Å². The molecule has 0 saturated carbocycles. The lowest BCUT2D eigenvalue weighted by Crippen LogP contribution is -2.30. The number of hydrogen-bond acceptors (Lipinski definition) is 6. The maximum absolute atomic E-state index is 12.9. The van der Waals surface area contributed by atoms with Crippen LogP contribution in [0, 0.1) is 0 Å². The first kappa shape index (κ1) is 71.8. The summed E-state index contributed by atoms with van der Waals surface area (Å²) in [6.07, 6.45) is 82.1. The van der Waals surface area contributed by atoms with E-state index in [-0.39, 0.29) is 31.1 Å². The highest BCUT2D eigenvalue weighted by Gasteiger charge is 2.19. The number of allylic oxidation sites excluding steroid dienone is 12. The lowest BCUT2D eigenvalue weighted by molar-refractivity contribution is -0.167. The van der Waals surface area contributed by atoms with Gasteiger partial charge in [0.25, 0.3) is 0 Å². The van der Waals surface area contributed by atoms with Crippen molar-refractivity contribution in [2.24, 2.45) is 0 Å². The van der Waals surface area contributed by atoms with Crippen LogP contribution in [0.1, 0.15) is 329 Å². The predicted octanol–water partition coefficient (Wildman–Crippen LogP) is 22.1. The SMILES string of the molecule is CC/C=C\C/C=C\C/C=C\C/C=C\CCCCCCCCCCCCCCCCC(=O)OCC(COC(=O)CCCCCCCCCCC)OC(=O)CCCCCCCCCCC/C=C\C/C=C\CCCCCCC. The zero-order valence-corrected chi connectivity index (χ0v) is 49.8. The van der Waals surface area contributed by atoms with Crippen molar-refractivity contribution in [2.45, 2.75) is 335 Å². The molecule has 0 fully saturated rings. The summed E-state index contributed by atoms with van der Waals surface area (Å²) >= 11 is 0.